The quantitative estimate of drug-likeness (QED) is 0.906. The van der Waals surface area contributed by atoms with Crippen LogP contribution in [0.15, 0.2) is 24.3 Å². The van der Waals surface area contributed by atoms with Crippen molar-refractivity contribution in [1.29, 1.82) is 0 Å². The van der Waals surface area contributed by atoms with Gasteiger partial charge in [0.1, 0.15) is 17.3 Å². The fourth-order valence-corrected chi connectivity index (χ4v) is 3.06. The summed E-state index contributed by atoms with van der Waals surface area (Å²) in [5, 5.41) is 4.06. The highest BCUT2D eigenvalue weighted by molar-refractivity contribution is 6.39. The van der Waals surface area contributed by atoms with E-state index in [4.69, 9.17) is 23.2 Å². The second kappa shape index (κ2) is 6.72. The highest BCUT2D eigenvalue weighted by Crippen LogP contribution is 2.32. The van der Waals surface area contributed by atoms with E-state index in [1.165, 1.54) is 0 Å². The normalized spacial score (nSPS) is 14.1. The number of hydrogen-bond donors (Lipinski definition) is 1. The number of benzene rings is 1. The summed E-state index contributed by atoms with van der Waals surface area (Å²) in [6.07, 6.45) is 2.08. The maximum Gasteiger partial charge on any atom is 0.272 e. The second-order valence-electron chi connectivity index (χ2n) is 5.41. The third-order valence-corrected chi connectivity index (χ3v) is 4.30. The van der Waals surface area contributed by atoms with Crippen molar-refractivity contribution in [3.05, 3.63) is 45.8 Å². The molecular weight excluding hydrogens is 335 g/mol. The molecule has 1 fully saturated rings. The summed E-state index contributed by atoms with van der Waals surface area (Å²) in [4.78, 5) is 22.9. The van der Waals surface area contributed by atoms with E-state index in [-0.39, 0.29) is 5.91 Å². The lowest BCUT2D eigenvalue weighted by molar-refractivity contribution is 0.0786. The molecule has 120 valence electrons. The maximum absolute atomic E-state index is 12.5. The van der Waals surface area contributed by atoms with E-state index in [0.29, 0.717) is 33.1 Å². The highest BCUT2D eigenvalue weighted by Gasteiger charge is 2.21. The molecule has 0 spiro atoms. The molecule has 1 aromatic heterocycles. The van der Waals surface area contributed by atoms with E-state index in [1.807, 2.05) is 4.90 Å². The SMILES string of the molecule is Cc1nc(Nc2c(Cl)cccc2Cl)cc(C(=O)N2CCCC2)n1. The van der Waals surface area contributed by atoms with Gasteiger partial charge >= 0.3 is 0 Å². The minimum absolute atomic E-state index is 0.0682. The third kappa shape index (κ3) is 3.57. The molecule has 0 unspecified atom stereocenters. The monoisotopic (exact) mass is 350 g/mol. The van der Waals surface area contributed by atoms with Crippen LogP contribution in [-0.2, 0) is 0 Å². The van der Waals surface area contributed by atoms with Crippen molar-refractivity contribution in [2.75, 3.05) is 18.4 Å². The summed E-state index contributed by atoms with van der Waals surface area (Å²) in [6, 6.07) is 6.87. The third-order valence-electron chi connectivity index (χ3n) is 3.67. The van der Waals surface area contributed by atoms with Crippen LogP contribution in [0.5, 0.6) is 0 Å². The van der Waals surface area contributed by atoms with Gasteiger partial charge in [-0.3, -0.25) is 4.79 Å². The van der Waals surface area contributed by atoms with Crippen LogP contribution >= 0.6 is 23.2 Å². The van der Waals surface area contributed by atoms with Gasteiger partial charge in [-0.2, -0.15) is 0 Å². The minimum atomic E-state index is -0.0682. The largest absolute Gasteiger partial charge is 0.338 e. The number of amides is 1. The van der Waals surface area contributed by atoms with Crippen LogP contribution in [-0.4, -0.2) is 33.9 Å². The van der Waals surface area contributed by atoms with Crippen LogP contribution in [0.1, 0.15) is 29.2 Å². The van der Waals surface area contributed by atoms with Crippen LogP contribution in [0.2, 0.25) is 10.0 Å². The number of hydrogen-bond acceptors (Lipinski definition) is 4. The summed E-state index contributed by atoms with van der Waals surface area (Å²) in [6.45, 7) is 3.31. The van der Waals surface area contributed by atoms with Crippen molar-refractivity contribution in [2.45, 2.75) is 19.8 Å². The molecular formula is C16H16Cl2N4O. The minimum Gasteiger partial charge on any atom is -0.338 e. The molecule has 1 saturated heterocycles. The van der Waals surface area contributed by atoms with Crippen molar-refractivity contribution in [2.24, 2.45) is 0 Å². The first kappa shape index (κ1) is 16.0. The Morgan fingerprint density at radius 1 is 1.17 bits per heavy atom. The van der Waals surface area contributed by atoms with Gasteiger partial charge in [0, 0.05) is 19.2 Å². The molecule has 1 amide bonds. The molecule has 2 aromatic rings. The van der Waals surface area contributed by atoms with E-state index < -0.39 is 0 Å². The summed E-state index contributed by atoms with van der Waals surface area (Å²) in [5.41, 5.74) is 0.943. The zero-order valence-electron chi connectivity index (χ0n) is 12.6. The lowest BCUT2D eigenvalue weighted by atomic mass is 10.3. The molecule has 7 heteroatoms. The van der Waals surface area contributed by atoms with Crippen molar-refractivity contribution in [3.8, 4) is 0 Å². The summed E-state index contributed by atoms with van der Waals surface area (Å²) in [5.74, 6) is 0.942. The van der Waals surface area contributed by atoms with E-state index in [1.54, 1.807) is 31.2 Å². The maximum atomic E-state index is 12.5. The van der Waals surface area contributed by atoms with Crippen LogP contribution in [0.25, 0.3) is 0 Å². The van der Waals surface area contributed by atoms with E-state index in [2.05, 4.69) is 15.3 Å². The Morgan fingerprint density at radius 3 is 2.48 bits per heavy atom. The number of para-hydroxylation sites is 1. The molecule has 0 aliphatic carbocycles. The molecule has 0 saturated carbocycles. The topological polar surface area (TPSA) is 58.1 Å². The summed E-state index contributed by atoms with van der Waals surface area (Å²) >= 11 is 12.3. The van der Waals surface area contributed by atoms with Crippen LogP contribution < -0.4 is 5.32 Å². The Kier molecular flexibility index (Phi) is 4.68. The van der Waals surface area contributed by atoms with Gasteiger partial charge in [-0.15, -0.1) is 0 Å². The number of halogens is 2. The van der Waals surface area contributed by atoms with Crippen molar-refractivity contribution >= 4 is 40.6 Å². The van der Waals surface area contributed by atoms with Crippen LogP contribution in [0.4, 0.5) is 11.5 Å². The molecule has 0 radical (unpaired) electrons. The van der Waals surface area contributed by atoms with E-state index >= 15 is 0 Å². The Hall–Kier alpha value is -1.85. The van der Waals surface area contributed by atoms with Gasteiger partial charge in [0.05, 0.1) is 15.7 Å². The number of carbonyl (C=O) groups is 1. The highest BCUT2D eigenvalue weighted by atomic mass is 35.5. The number of nitrogens with one attached hydrogen (secondary N) is 1. The summed E-state index contributed by atoms with van der Waals surface area (Å²) < 4.78 is 0. The second-order valence-corrected chi connectivity index (χ2v) is 6.22. The number of rotatable bonds is 3. The molecule has 5 nitrogen and oxygen atoms in total. The summed E-state index contributed by atoms with van der Waals surface area (Å²) in [7, 11) is 0. The lowest BCUT2D eigenvalue weighted by Gasteiger charge is -2.16. The van der Waals surface area contributed by atoms with Crippen molar-refractivity contribution in [1.82, 2.24) is 14.9 Å². The van der Waals surface area contributed by atoms with Crippen LogP contribution in [0, 0.1) is 6.92 Å². The predicted octanol–water partition coefficient (Wildman–Crippen LogP) is 4.07. The average Bonchev–Trinajstić information content (AvgIpc) is 3.04. The molecule has 1 aliphatic rings. The fourth-order valence-electron chi connectivity index (χ4n) is 2.57. The van der Waals surface area contributed by atoms with Gasteiger partial charge in [0.25, 0.3) is 5.91 Å². The van der Waals surface area contributed by atoms with Crippen molar-refractivity contribution < 1.29 is 4.79 Å². The van der Waals surface area contributed by atoms with E-state index in [0.717, 1.165) is 25.9 Å². The van der Waals surface area contributed by atoms with E-state index in [9.17, 15) is 4.79 Å². The molecule has 2 heterocycles. The molecule has 0 atom stereocenters. The first-order valence-electron chi connectivity index (χ1n) is 7.40. The van der Waals surface area contributed by atoms with Gasteiger partial charge in [-0.25, -0.2) is 9.97 Å². The predicted molar refractivity (Wildman–Crippen MR) is 91.7 cm³/mol. The number of aryl methyl sites for hydroxylation is 1. The lowest BCUT2D eigenvalue weighted by Crippen LogP contribution is -2.28. The Labute approximate surface area is 144 Å². The number of anilines is 2. The average molecular weight is 351 g/mol. The number of likely N-dealkylation sites (tertiary alicyclic amines) is 1. The van der Waals surface area contributed by atoms with Gasteiger partial charge in [0.2, 0.25) is 0 Å². The number of nitrogens with zero attached hydrogens (tertiary/aromatic N) is 3. The Balaban J connectivity index is 1.90. The molecule has 1 N–H and O–H groups in total. The van der Waals surface area contributed by atoms with Gasteiger partial charge in [-0.1, -0.05) is 29.3 Å². The molecule has 1 aliphatic heterocycles. The Morgan fingerprint density at radius 2 is 1.83 bits per heavy atom. The molecule has 23 heavy (non-hydrogen) atoms. The first-order valence-corrected chi connectivity index (χ1v) is 8.16. The molecule has 3 rings (SSSR count). The Bertz CT molecular complexity index is 725. The molecule has 1 aromatic carbocycles. The number of carbonyl (C=O) groups excluding carboxylic acids is 1. The van der Waals surface area contributed by atoms with Gasteiger partial charge in [-0.05, 0) is 31.9 Å². The fraction of sp³-hybridized carbons (Fsp3) is 0.312. The zero-order valence-corrected chi connectivity index (χ0v) is 14.2. The smallest absolute Gasteiger partial charge is 0.272 e. The number of aromatic nitrogens is 2. The first-order chi connectivity index (χ1) is 11.0. The van der Waals surface area contributed by atoms with Crippen molar-refractivity contribution in [3.63, 3.8) is 0 Å². The van der Waals surface area contributed by atoms with Gasteiger partial charge in [0.15, 0.2) is 0 Å². The zero-order chi connectivity index (χ0) is 16.4. The molecule has 0 bridgehead atoms. The standard InChI is InChI=1S/C16H16Cl2N4O/c1-10-19-13(16(23)22-7-2-3-8-22)9-14(20-10)21-15-11(17)5-4-6-12(15)18/h4-6,9H,2-3,7-8H2,1H3,(H,19,20,21). The van der Waals surface area contributed by atoms with Crippen LogP contribution in [0.3, 0.4) is 0 Å². The van der Waals surface area contributed by atoms with Gasteiger partial charge < -0.3 is 10.2 Å².